The molecule has 53 heavy (non-hydrogen) atoms. The minimum atomic E-state index is -4.17. The minimum Gasteiger partial charge on any atom is -0.446 e. The van der Waals surface area contributed by atoms with Crippen molar-refractivity contribution in [3.05, 3.63) is 72.3 Å². The number of carbonyl (C=O) groups is 4. The van der Waals surface area contributed by atoms with Gasteiger partial charge >= 0.3 is 16.3 Å². The molecule has 4 amide bonds. The Morgan fingerprint density at radius 3 is 2.09 bits per heavy atom. The maximum Gasteiger partial charge on any atom is 0.408 e. The van der Waals surface area contributed by atoms with Gasteiger partial charge in [-0.1, -0.05) is 80.5 Å². The molecule has 0 spiro atoms. The lowest BCUT2D eigenvalue weighted by atomic mass is 9.85. The van der Waals surface area contributed by atoms with Gasteiger partial charge in [0.15, 0.2) is 0 Å². The van der Waals surface area contributed by atoms with E-state index >= 15 is 0 Å². The fraction of sp³-hybridized carbons (Fsp3) is 0.500. The van der Waals surface area contributed by atoms with Gasteiger partial charge in [-0.2, -0.15) is 12.7 Å². The largest absolute Gasteiger partial charge is 0.446 e. The molecule has 15 heteroatoms. The highest BCUT2D eigenvalue weighted by molar-refractivity contribution is 7.87. The van der Waals surface area contributed by atoms with Crippen molar-refractivity contribution in [2.75, 3.05) is 20.6 Å². The van der Waals surface area contributed by atoms with Crippen molar-refractivity contribution < 1.29 is 37.2 Å². The Morgan fingerprint density at radius 2 is 1.57 bits per heavy atom. The van der Waals surface area contributed by atoms with E-state index in [-0.39, 0.29) is 25.5 Å². The van der Waals surface area contributed by atoms with Gasteiger partial charge in [0.05, 0.1) is 6.54 Å². The topological polar surface area (TPSA) is 176 Å². The fourth-order valence-corrected chi connectivity index (χ4v) is 7.95. The summed E-state index contributed by atoms with van der Waals surface area (Å²) in [7, 11) is -1.62. The molecular weight excluding hydrogens is 701 g/mol. The van der Waals surface area contributed by atoms with E-state index in [9.17, 15) is 27.6 Å². The quantitative estimate of drug-likeness (QED) is 0.197. The number of benzene rings is 2. The molecule has 2 aromatic rings. The normalized spacial score (nSPS) is 24.2. The first kappa shape index (κ1) is 38.0. The Balaban J connectivity index is 1.28. The summed E-state index contributed by atoms with van der Waals surface area (Å²) in [6.45, 7) is 9.11. The maximum atomic E-state index is 14.5. The van der Waals surface area contributed by atoms with Gasteiger partial charge < -0.3 is 25.1 Å². The summed E-state index contributed by atoms with van der Waals surface area (Å²) in [5.41, 5.74) is 2.02. The monoisotopic (exact) mass is 748 g/mol. The van der Waals surface area contributed by atoms with Crippen LogP contribution >= 0.6 is 0 Å². The molecule has 1 aliphatic heterocycles. The Morgan fingerprint density at radius 1 is 0.981 bits per heavy atom. The Kier molecular flexibility index (Phi) is 10.4. The van der Waals surface area contributed by atoms with Crippen molar-refractivity contribution in [1.29, 1.82) is 0 Å². The van der Waals surface area contributed by atoms with Gasteiger partial charge in [0, 0.05) is 37.6 Å². The SMILES string of the molecule is C=C[C@@H]1CC1(NC(=O)[C@@H]1C[C@@H](ON=C2c3ccccc3-c3ccccc32)CN1C(=O)[C@@H](NC(=O)OC1CCCC1)C(C)(C)C)C(=O)NS(=O)(=O)N(C)C. The number of fused-ring (bicyclic) bond motifs is 3. The summed E-state index contributed by atoms with van der Waals surface area (Å²) in [4.78, 5) is 62.8. The standard InChI is InChI=1S/C38H48N6O8S/c1-7-23-21-38(23,35(47)42-53(49,50)43(5)6)40-33(45)30-20-25(52-41-31-28-18-12-10-16-26(28)27-17-11-13-19-29(27)31)22-44(30)34(46)32(37(2,3)4)39-36(48)51-24-14-8-9-15-24/h7,10-13,16-19,23-25,30,32H,1,8-9,14-15,20-22H2,2-6H3,(H,39,48)(H,40,45)(H,42,47)/t23-,25-,30+,32-,38?/m1/s1. The van der Waals surface area contributed by atoms with Crippen LogP contribution in [0.25, 0.3) is 11.1 Å². The van der Waals surface area contributed by atoms with Crippen LogP contribution in [0.5, 0.6) is 0 Å². The molecule has 0 radical (unpaired) electrons. The van der Waals surface area contributed by atoms with Gasteiger partial charge in [0.1, 0.15) is 35.5 Å². The number of carbonyl (C=O) groups excluding carboxylic acids is 4. The molecule has 1 saturated heterocycles. The summed E-state index contributed by atoms with van der Waals surface area (Å²) < 4.78 is 33.6. The summed E-state index contributed by atoms with van der Waals surface area (Å²) in [6.07, 6.45) is 3.33. The third-order valence-electron chi connectivity index (χ3n) is 10.5. The number of hydrogen-bond donors (Lipinski definition) is 3. The van der Waals surface area contributed by atoms with Crippen molar-refractivity contribution in [2.24, 2.45) is 16.5 Å². The predicted octanol–water partition coefficient (Wildman–Crippen LogP) is 3.47. The van der Waals surface area contributed by atoms with Crippen molar-refractivity contribution in [2.45, 2.75) is 89.1 Å². The van der Waals surface area contributed by atoms with Gasteiger partial charge in [0.2, 0.25) is 11.8 Å². The first-order chi connectivity index (χ1) is 25.1. The highest BCUT2D eigenvalue weighted by Crippen LogP contribution is 2.45. The summed E-state index contributed by atoms with van der Waals surface area (Å²) in [5.74, 6) is -2.69. The summed E-state index contributed by atoms with van der Waals surface area (Å²) in [5, 5.41) is 10.1. The first-order valence-corrected chi connectivity index (χ1v) is 19.4. The number of amides is 4. The zero-order chi connectivity index (χ0) is 38.3. The smallest absolute Gasteiger partial charge is 0.408 e. The van der Waals surface area contributed by atoms with Gasteiger partial charge in [-0.15, -0.1) is 6.58 Å². The number of ether oxygens (including phenoxy) is 1. The third kappa shape index (κ3) is 7.67. The van der Waals surface area contributed by atoms with E-state index in [1.54, 1.807) is 20.8 Å². The molecule has 5 atom stereocenters. The van der Waals surface area contributed by atoms with Crippen LogP contribution in [0.4, 0.5) is 4.79 Å². The number of rotatable bonds is 11. The Hall–Kier alpha value is -4.76. The zero-order valence-corrected chi connectivity index (χ0v) is 31.6. The molecule has 3 aliphatic carbocycles. The highest BCUT2D eigenvalue weighted by atomic mass is 32.2. The van der Waals surface area contributed by atoms with E-state index in [0.29, 0.717) is 5.71 Å². The van der Waals surface area contributed by atoms with Crippen molar-refractivity contribution in [1.82, 2.24) is 24.6 Å². The molecule has 4 aliphatic rings. The van der Waals surface area contributed by atoms with E-state index in [1.807, 2.05) is 53.3 Å². The van der Waals surface area contributed by atoms with Gasteiger partial charge in [-0.05, 0) is 48.6 Å². The lowest BCUT2D eigenvalue weighted by Crippen LogP contribution is -2.60. The van der Waals surface area contributed by atoms with Crippen LogP contribution < -0.4 is 15.4 Å². The minimum absolute atomic E-state index is 0.00742. The second-order valence-corrected chi connectivity index (χ2v) is 17.4. The van der Waals surface area contributed by atoms with Crippen LogP contribution in [0.15, 0.2) is 66.3 Å². The zero-order valence-electron chi connectivity index (χ0n) is 30.8. The van der Waals surface area contributed by atoms with Crippen molar-refractivity contribution >= 4 is 39.7 Å². The number of likely N-dealkylation sites (tertiary alicyclic amines) is 1. The number of alkyl carbamates (subject to hydrolysis) is 1. The molecule has 6 rings (SSSR count). The predicted molar refractivity (Wildman–Crippen MR) is 198 cm³/mol. The van der Waals surface area contributed by atoms with Crippen LogP contribution in [0.3, 0.4) is 0 Å². The second kappa shape index (κ2) is 14.6. The van der Waals surface area contributed by atoms with Crippen LogP contribution in [-0.2, 0) is 34.2 Å². The van der Waals surface area contributed by atoms with Crippen LogP contribution in [0, 0.1) is 11.3 Å². The average molecular weight is 749 g/mol. The Bertz CT molecular complexity index is 1890. The third-order valence-corrected chi connectivity index (χ3v) is 11.9. The summed E-state index contributed by atoms with van der Waals surface area (Å²) >= 11 is 0. The van der Waals surface area contributed by atoms with E-state index in [2.05, 4.69) is 22.4 Å². The molecule has 1 unspecified atom stereocenters. The molecule has 14 nitrogen and oxygen atoms in total. The summed E-state index contributed by atoms with van der Waals surface area (Å²) in [6, 6.07) is 13.4. The second-order valence-electron chi connectivity index (χ2n) is 15.5. The van der Waals surface area contributed by atoms with E-state index in [1.165, 1.54) is 25.1 Å². The number of hydrogen-bond acceptors (Lipinski definition) is 9. The first-order valence-electron chi connectivity index (χ1n) is 18.0. The average Bonchev–Trinajstić information content (AvgIpc) is 3.43. The number of nitrogens with zero attached hydrogens (tertiary/aromatic N) is 3. The maximum absolute atomic E-state index is 14.5. The molecule has 3 fully saturated rings. The molecule has 3 N–H and O–H groups in total. The van der Waals surface area contributed by atoms with Gasteiger partial charge in [-0.3, -0.25) is 14.4 Å². The van der Waals surface area contributed by atoms with Gasteiger partial charge in [0.25, 0.3) is 5.91 Å². The van der Waals surface area contributed by atoms with Crippen molar-refractivity contribution in [3.63, 3.8) is 0 Å². The molecule has 0 bridgehead atoms. The van der Waals surface area contributed by atoms with Crippen LogP contribution in [-0.4, -0.2) is 97.6 Å². The molecule has 284 valence electrons. The Labute approximate surface area is 310 Å². The number of oxime groups is 1. The van der Waals surface area contributed by atoms with E-state index in [4.69, 9.17) is 9.57 Å². The van der Waals surface area contributed by atoms with E-state index < -0.39 is 69.1 Å². The van der Waals surface area contributed by atoms with Crippen molar-refractivity contribution in [3.8, 4) is 11.1 Å². The van der Waals surface area contributed by atoms with Crippen LogP contribution in [0.1, 0.15) is 70.4 Å². The molecule has 0 aromatic heterocycles. The number of nitrogens with one attached hydrogen (secondary N) is 3. The van der Waals surface area contributed by atoms with E-state index in [0.717, 1.165) is 52.2 Å². The molecular formula is C38H48N6O8S. The lowest BCUT2D eigenvalue weighted by Gasteiger charge is -2.35. The molecule has 1 heterocycles. The molecule has 2 saturated carbocycles. The lowest BCUT2D eigenvalue weighted by molar-refractivity contribution is -0.143. The van der Waals surface area contributed by atoms with Crippen LogP contribution in [0.2, 0.25) is 0 Å². The highest BCUT2D eigenvalue weighted by Gasteiger charge is 2.61. The molecule has 2 aromatic carbocycles. The van der Waals surface area contributed by atoms with Gasteiger partial charge in [-0.25, -0.2) is 9.52 Å². The fourth-order valence-electron chi connectivity index (χ4n) is 7.35.